The maximum absolute atomic E-state index is 13.2. The van der Waals surface area contributed by atoms with Crippen molar-refractivity contribution in [3.63, 3.8) is 0 Å². The number of rotatable bonds is 6. The highest BCUT2D eigenvalue weighted by Crippen LogP contribution is 2.26. The van der Waals surface area contributed by atoms with Crippen molar-refractivity contribution in [2.45, 2.75) is 31.6 Å². The summed E-state index contributed by atoms with van der Waals surface area (Å²) in [6.07, 6.45) is 0. The topological polar surface area (TPSA) is 102 Å². The van der Waals surface area contributed by atoms with E-state index in [0.717, 1.165) is 0 Å². The van der Waals surface area contributed by atoms with E-state index in [0.29, 0.717) is 17.1 Å². The molecule has 8 nitrogen and oxygen atoms in total. The van der Waals surface area contributed by atoms with Crippen molar-refractivity contribution in [1.82, 2.24) is 9.36 Å². The molecular weight excluding hydrogens is 404 g/mol. The number of carbonyl (C=O) groups is 1. The van der Waals surface area contributed by atoms with E-state index in [1.165, 1.54) is 35.9 Å². The summed E-state index contributed by atoms with van der Waals surface area (Å²) in [5, 5.41) is 2.58. The first-order valence-electron chi connectivity index (χ1n) is 9.39. The van der Waals surface area contributed by atoms with Gasteiger partial charge >= 0.3 is 0 Å². The molecule has 0 spiro atoms. The SMILES string of the molecule is CC(=O)Nc1ccc(S(=O)(=O)Nc2c(C(C)C)n(C)n(-c3ccccc3)c2=O)cc1. The van der Waals surface area contributed by atoms with Crippen molar-refractivity contribution in [2.75, 3.05) is 10.0 Å². The third kappa shape index (κ3) is 4.16. The van der Waals surface area contributed by atoms with E-state index in [1.54, 1.807) is 23.9 Å². The van der Waals surface area contributed by atoms with Crippen LogP contribution in [-0.2, 0) is 21.9 Å². The number of anilines is 2. The highest BCUT2D eigenvalue weighted by molar-refractivity contribution is 7.92. The van der Waals surface area contributed by atoms with Gasteiger partial charge in [0.25, 0.3) is 15.6 Å². The average molecular weight is 429 g/mol. The maximum Gasteiger partial charge on any atom is 0.296 e. The zero-order chi connectivity index (χ0) is 22.1. The van der Waals surface area contributed by atoms with E-state index in [2.05, 4.69) is 10.0 Å². The molecule has 9 heteroatoms. The lowest BCUT2D eigenvalue weighted by Crippen LogP contribution is -2.23. The molecule has 0 fully saturated rings. The molecule has 3 aromatic rings. The number of nitrogens with zero attached hydrogens (tertiary/aromatic N) is 2. The quantitative estimate of drug-likeness (QED) is 0.630. The van der Waals surface area contributed by atoms with Gasteiger partial charge in [-0.05, 0) is 42.3 Å². The van der Waals surface area contributed by atoms with Gasteiger partial charge in [0.1, 0.15) is 5.69 Å². The fourth-order valence-electron chi connectivity index (χ4n) is 3.35. The summed E-state index contributed by atoms with van der Waals surface area (Å²) in [7, 11) is -2.29. The van der Waals surface area contributed by atoms with Gasteiger partial charge in [-0.25, -0.2) is 13.1 Å². The van der Waals surface area contributed by atoms with Crippen LogP contribution in [0.3, 0.4) is 0 Å². The molecule has 3 rings (SSSR count). The molecular formula is C21H24N4O4S. The number of hydrogen-bond acceptors (Lipinski definition) is 4. The predicted octanol–water partition coefficient (Wildman–Crippen LogP) is 3.06. The van der Waals surface area contributed by atoms with Crippen LogP contribution in [0.2, 0.25) is 0 Å². The predicted molar refractivity (Wildman–Crippen MR) is 117 cm³/mol. The van der Waals surface area contributed by atoms with Crippen LogP contribution in [0.15, 0.2) is 64.3 Å². The van der Waals surface area contributed by atoms with Crippen molar-refractivity contribution in [2.24, 2.45) is 7.05 Å². The summed E-state index contributed by atoms with van der Waals surface area (Å²) in [5.74, 6) is -0.358. The second-order valence-corrected chi connectivity index (χ2v) is 8.88. The van der Waals surface area contributed by atoms with Gasteiger partial charge < -0.3 is 5.32 Å². The Balaban J connectivity index is 2.05. The lowest BCUT2D eigenvalue weighted by atomic mass is 10.1. The largest absolute Gasteiger partial charge is 0.326 e. The Labute approximate surface area is 175 Å². The Morgan fingerprint density at radius 2 is 1.60 bits per heavy atom. The molecule has 0 aliphatic heterocycles. The molecule has 0 saturated heterocycles. The van der Waals surface area contributed by atoms with E-state index < -0.39 is 15.6 Å². The van der Waals surface area contributed by atoms with E-state index in [-0.39, 0.29) is 22.4 Å². The molecule has 2 N–H and O–H groups in total. The summed E-state index contributed by atoms with van der Waals surface area (Å²) >= 11 is 0. The van der Waals surface area contributed by atoms with E-state index in [4.69, 9.17) is 0 Å². The standard InChI is InChI=1S/C21H24N4O4S/c1-14(2)20-19(21(27)25(24(20)4)17-8-6-5-7-9-17)23-30(28,29)18-12-10-16(11-13-18)22-15(3)26/h5-14,23H,1-4H3,(H,22,26). The Morgan fingerprint density at radius 1 is 1.00 bits per heavy atom. The second-order valence-electron chi connectivity index (χ2n) is 7.20. The zero-order valence-corrected chi connectivity index (χ0v) is 18.0. The number of hydrogen-bond donors (Lipinski definition) is 2. The van der Waals surface area contributed by atoms with Gasteiger partial charge in [0.05, 0.1) is 16.3 Å². The smallest absolute Gasteiger partial charge is 0.296 e. The highest BCUT2D eigenvalue weighted by atomic mass is 32.2. The summed E-state index contributed by atoms with van der Waals surface area (Å²) in [4.78, 5) is 24.3. The van der Waals surface area contributed by atoms with Crippen molar-refractivity contribution >= 4 is 27.3 Å². The van der Waals surface area contributed by atoms with Crippen LogP contribution < -0.4 is 15.6 Å². The molecule has 0 radical (unpaired) electrons. The van der Waals surface area contributed by atoms with Crippen LogP contribution in [0.4, 0.5) is 11.4 Å². The Bertz CT molecular complexity index is 1220. The third-order valence-electron chi connectivity index (χ3n) is 4.58. The van der Waals surface area contributed by atoms with Gasteiger partial charge in [-0.15, -0.1) is 0 Å². The number of amides is 1. The number of carbonyl (C=O) groups excluding carboxylic acids is 1. The van der Waals surface area contributed by atoms with Crippen LogP contribution in [0, 0.1) is 0 Å². The molecule has 1 heterocycles. The molecule has 0 aliphatic rings. The van der Waals surface area contributed by atoms with Gasteiger partial charge in [0, 0.05) is 19.7 Å². The van der Waals surface area contributed by atoms with Crippen molar-refractivity contribution in [1.29, 1.82) is 0 Å². The minimum absolute atomic E-state index is 0.0131. The van der Waals surface area contributed by atoms with Gasteiger partial charge in [0.2, 0.25) is 5.91 Å². The molecule has 30 heavy (non-hydrogen) atoms. The van der Waals surface area contributed by atoms with E-state index in [1.807, 2.05) is 32.0 Å². The number of benzene rings is 2. The van der Waals surface area contributed by atoms with Crippen molar-refractivity contribution in [3.8, 4) is 5.69 Å². The number of nitrogens with one attached hydrogen (secondary N) is 2. The average Bonchev–Trinajstić information content (AvgIpc) is 2.92. The van der Waals surface area contributed by atoms with Gasteiger partial charge in [-0.1, -0.05) is 32.0 Å². The highest BCUT2D eigenvalue weighted by Gasteiger charge is 2.25. The van der Waals surface area contributed by atoms with Crippen molar-refractivity contribution in [3.05, 3.63) is 70.6 Å². The number of sulfonamides is 1. The molecule has 0 saturated carbocycles. The molecule has 0 aliphatic carbocycles. The van der Waals surface area contributed by atoms with Crippen LogP contribution >= 0.6 is 0 Å². The first-order valence-corrected chi connectivity index (χ1v) is 10.9. The molecule has 0 unspecified atom stereocenters. The summed E-state index contributed by atoms with van der Waals surface area (Å²) < 4.78 is 31.5. The monoisotopic (exact) mass is 428 g/mol. The summed E-state index contributed by atoms with van der Waals surface area (Å²) in [6, 6.07) is 14.8. The number of aromatic nitrogens is 2. The van der Waals surface area contributed by atoms with Crippen LogP contribution in [-0.4, -0.2) is 23.7 Å². The van der Waals surface area contributed by atoms with Gasteiger partial charge in [-0.2, -0.15) is 0 Å². The van der Waals surface area contributed by atoms with Crippen LogP contribution in [0.1, 0.15) is 32.4 Å². The number of para-hydroxylation sites is 1. The van der Waals surface area contributed by atoms with Crippen molar-refractivity contribution < 1.29 is 13.2 Å². The van der Waals surface area contributed by atoms with E-state index >= 15 is 0 Å². The minimum Gasteiger partial charge on any atom is -0.326 e. The first-order chi connectivity index (χ1) is 14.1. The fraction of sp³-hybridized carbons (Fsp3) is 0.238. The second kappa shape index (κ2) is 8.19. The molecule has 0 bridgehead atoms. The Hall–Kier alpha value is -3.33. The molecule has 0 atom stereocenters. The fourth-order valence-corrected chi connectivity index (χ4v) is 4.43. The molecule has 1 amide bonds. The molecule has 1 aromatic heterocycles. The van der Waals surface area contributed by atoms with E-state index in [9.17, 15) is 18.0 Å². The zero-order valence-electron chi connectivity index (χ0n) is 17.2. The van der Waals surface area contributed by atoms with Crippen LogP contribution in [0.25, 0.3) is 5.69 Å². The van der Waals surface area contributed by atoms with Crippen LogP contribution in [0.5, 0.6) is 0 Å². The Morgan fingerprint density at radius 3 is 2.13 bits per heavy atom. The lowest BCUT2D eigenvalue weighted by Gasteiger charge is -2.13. The summed E-state index contributed by atoms with van der Waals surface area (Å²) in [5.41, 5.74) is 1.25. The summed E-state index contributed by atoms with van der Waals surface area (Å²) in [6.45, 7) is 5.15. The lowest BCUT2D eigenvalue weighted by molar-refractivity contribution is -0.114. The first kappa shape index (κ1) is 21.4. The van der Waals surface area contributed by atoms with Gasteiger partial charge in [0.15, 0.2) is 0 Å². The Kier molecular flexibility index (Phi) is 5.84. The molecule has 2 aromatic carbocycles. The minimum atomic E-state index is -4.01. The normalized spacial score (nSPS) is 11.5. The maximum atomic E-state index is 13.2. The third-order valence-corrected chi connectivity index (χ3v) is 5.95. The van der Waals surface area contributed by atoms with Gasteiger partial charge in [-0.3, -0.25) is 19.0 Å². The molecule has 158 valence electrons.